The van der Waals surface area contributed by atoms with E-state index in [9.17, 15) is 38.3 Å². The molecule has 11 atom stereocenters. The number of amides is 3. The number of alkyl halides is 4. The molecule has 5 fully saturated rings. The summed E-state index contributed by atoms with van der Waals surface area (Å²) in [5.41, 5.74) is -5.34. The fraction of sp³-hybridized carbons (Fsp3) is 0.636. The van der Waals surface area contributed by atoms with Crippen molar-refractivity contribution in [1.82, 2.24) is 16.0 Å². The SMILES string of the molecule is C[C@]12C=CC(=O)C=C1[C@@H](F)C[C@H]1[C@@H]3C[C@H]4O[C@@H](c5ccc(CC6CCC(NC(=O)[C@H](CCC(=O)O)NC(=O)CNC(=O)CBr)CC6)cc5)O[C@@]4(C(=O)SCF)[C@@]3(C)C[C@H](O)[C@@]12F. The smallest absolute Gasteiger partial charge is 0.303 e. The molecule has 1 aromatic carbocycles. The second-order valence-electron chi connectivity index (χ2n) is 18.1. The summed E-state index contributed by atoms with van der Waals surface area (Å²) >= 11 is 3.43. The summed E-state index contributed by atoms with van der Waals surface area (Å²) in [7, 11) is 0. The molecule has 1 heterocycles. The molecule has 1 aromatic rings. The molecule has 7 rings (SSSR count). The molecule has 338 valence electrons. The number of carbonyl (C=O) groups excluding carboxylic acids is 5. The van der Waals surface area contributed by atoms with E-state index in [0.717, 1.165) is 30.9 Å². The van der Waals surface area contributed by atoms with Gasteiger partial charge in [-0.1, -0.05) is 65.0 Å². The third-order valence-corrected chi connectivity index (χ3v) is 15.9. The van der Waals surface area contributed by atoms with Crippen LogP contribution in [0.4, 0.5) is 13.2 Å². The van der Waals surface area contributed by atoms with Crippen LogP contribution < -0.4 is 16.0 Å². The lowest BCUT2D eigenvalue weighted by Gasteiger charge is -2.63. The van der Waals surface area contributed by atoms with Crippen LogP contribution in [-0.2, 0) is 44.7 Å². The standard InChI is InChI=1S/C44H53BrF3N3O10S/c1-41-14-13-27(52)16-30(41)31(47)17-29-28-18-34-44(40(59)62-22-46,42(28,2)19-33(53)43(29,41)48)61-39(60-34)25-7-3-23(4-8-25)15-24-5-9-26(10-6-24)50-38(58)32(11-12-37(56)57)51-36(55)21-49-35(54)20-45/h3-4,7-8,13-14,16,24,26,28-29,31-34,39,53H,5-6,9-12,15,17-22H2,1-2H3,(H,49,54)(H,50,58)(H,51,55)(H,56,57)/t24?,26?,28-,29-,31-,32-,33-,34+,39+,41-,42-,43-,44-/m0/s1. The van der Waals surface area contributed by atoms with Gasteiger partial charge in [-0.2, -0.15) is 0 Å². The van der Waals surface area contributed by atoms with Crippen LogP contribution in [0.25, 0.3) is 0 Å². The number of nitrogens with one attached hydrogen (secondary N) is 3. The van der Waals surface area contributed by atoms with Gasteiger partial charge in [0, 0.05) is 34.8 Å². The van der Waals surface area contributed by atoms with Gasteiger partial charge in [0.2, 0.25) is 22.8 Å². The highest BCUT2D eigenvalue weighted by atomic mass is 79.9. The fourth-order valence-electron chi connectivity index (χ4n) is 11.6. The number of ketones is 1. The highest BCUT2D eigenvalue weighted by Crippen LogP contribution is 2.73. The molecular weight excluding hydrogens is 899 g/mol. The van der Waals surface area contributed by atoms with Crippen LogP contribution in [-0.4, -0.2) is 104 Å². The number of aliphatic hydroxyl groups is 1. The summed E-state index contributed by atoms with van der Waals surface area (Å²) in [5.74, 6) is -4.51. The topological polar surface area (TPSA) is 197 Å². The molecule has 13 nitrogen and oxygen atoms in total. The Hall–Kier alpha value is -3.58. The van der Waals surface area contributed by atoms with Crippen LogP contribution in [0.15, 0.2) is 48.1 Å². The number of carboxylic acids is 1. The number of allylic oxidation sites excluding steroid dienone is 4. The Balaban J connectivity index is 0.986. The first-order chi connectivity index (χ1) is 29.4. The largest absolute Gasteiger partial charge is 0.481 e. The number of hydrogen-bond donors (Lipinski definition) is 5. The minimum absolute atomic E-state index is 0.00286. The van der Waals surface area contributed by atoms with Gasteiger partial charge in [-0.25, -0.2) is 13.2 Å². The van der Waals surface area contributed by atoms with Gasteiger partial charge in [0.1, 0.15) is 18.2 Å². The van der Waals surface area contributed by atoms with Crippen LogP contribution in [0.1, 0.15) is 89.1 Å². The quantitative estimate of drug-likeness (QED) is 0.157. The van der Waals surface area contributed by atoms with E-state index >= 15 is 8.78 Å². The molecule has 1 aliphatic heterocycles. The molecule has 0 spiro atoms. The third kappa shape index (κ3) is 8.19. The van der Waals surface area contributed by atoms with E-state index in [1.807, 2.05) is 24.3 Å². The van der Waals surface area contributed by atoms with Crippen LogP contribution in [0, 0.1) is 28.6 Å². The van der Waals surface area contributed by atoms with Crippen molar-refractivity contribution in [2.45, 2.75) is 126 Å². The zero-order valence-corrected chi connectivity index (χ0v) is 36.9. The van der Waals surface area contributed by atoms with Crippen molar-refractivity contribution in [3.05, 3.63) is 59.2 Å². The normalized spacial score (nSPS) is 37.5. The van der Waals surface area contributed by atoms with Crippen LogP contribution in [0.2, 0.25) is 0 Å². The molecular formula is C44H53BrF3N3O10S. The summed E-state index contributed by atoms with van der Waals surface area (Å²) in [4.78, 5) is 74.6. The first-order valence-corrected chi connectivity index (χ1v) is 23.3. The van der Waals surface area contributed by atoms with Gasteiger partial charge < -0.3 is 35.6 Å². The number of fused-ring (bicyclic) bond motifs is 7. The number of halogens is 4. The molecule has 6 aliphatic rings. The van der Waals surface area contributed by atoms with Crippen molar-refractivity contribution in [3.63, 3.8) is 0 Å². The Morgan fingerprint density at radius 3 is 2.40 bits per heavy atom. The monoisotopic (exact) mass is 951 g/mol. The second-order valence-corrected chi connectivity index (χ2v) is 19.5. The lowest BCUT2D eigenvalue weighted by molar-refractivity contribution is -0.232. The van der Waals surface area contributed by atoms with Crippen LogP contribution in [0.5, 0.6) is 0 Å². The van der Waals surface area contributed by atoms with E-state index in [0.29, 0.717) is 36.1 Å². The maximum atomic E-state index is 17.8. The molecule has 4 saturated carbocycles. The lowest BCUT2D eigenvalue weighted by atomic mass is 9.44. The number of ether oxygens (including phenoxy) is 2. The first-order valence-electron chi connectivity index (χ1n) is 21.2. The number of hydrogen-bond acceptors (Lipinski definition) is 10. The summed E-state index contributed by atoms with van der Waals surface area (Å²) in [6.07, 6.45) is 1.23. The number of thioether (sulfide) groups is 1. The minimum atomic E-state index is -2.36. The summed E-state index contributed by atoms with van der Waals surface area (Å²) in [6.45, 7) is 2.89. The van der Waals surface area contributed by atoms with Crippen molar-refractivity contribution < 1.29 is 61.6 Å². The number of aliphatic hydroxyl groups excluding tert-OH is 1. The number of benzene rings is 1. The molecule has 62 heavy (non-hydrogen) atoms. The summed E-state index contributed by atoms with van der Waals surface area (Å²) in [5, 5.41) is 28.2. The van der Waals surface area contributed by atoms with E-state index in [-0.39, 0.29) is 55.6 Å². The number of rotatable bonds is 14. The Kier molecular flexibility index (Phi) is 13.6. The minimum Gasteiger partial charge on any atom is -0.481 e. The van der Waals surface area contributed by atoms with Gasteiger partial charge in [-0.15, -0.1) is 0 Å². The summed E-state index contributed by atoms with van der Waals surface area (Å²) < 4.78 is 60.8. The van der Waals surface area contributed by atoms with E-state index in [4.69, 9.17) is 14.6 Å². The fourth-order valence-corrected chi connectivity index (χ4v) is 12.5. The predicted molar refractivity (Wildman–Crippen MR) is 224 cm³/mol. The first kappa shape index (κ1) is 46.4. The second kappa shape index (κ2) is 18.1. The Labute approximate surface area is 370 Å². The molecule has 0 unspecified atom stereocenters. The van der Waals surface area contributed by atoms with Gasteiger partial charge in [0.05, 0.1) is 24.1 Å². The third-order valence-electron chi connectivity index (χ3n) is 14.7. The molecule has 5 aliphatic carbocycles. The Morgan fingerprint density at radius 1 is 1.03 bits per heavy atom. The molecule has 0 aromatic heterocycles. The van der Waals surface area contributed by atoms with Gasteiger partial charge >= 0.3 is 5.97 Å². The number of carboxylic acid groups (broad SMARTS) is 1. The van der Waals surface area contributed by atoms with Crippen molar-refractivity contribution in [3.8, 4) is 0 Å². The molecule has 0 bridgehead atoms. The maximum Gasteiger partial charge on any atom is 0.303 e. The summed E-state index contributed by atoms with van der Waals surface area (Å²) in [6, 6.07) is 5.28. The van der Waals surface area contributed by atoms with Crippen LogP contribution in [0.3, 0.4) is 0 Å². The Bertz CT molecular complexity index is 2020. The zero-order chi connectivity index (χ0) is 44.8. The number of carbonyl (C=O) groups is 6. The molecule has 0 radical (unpaired) electrons. The highest BCUT2D eigenvalue weighted by Gasteiger charge is 2.80. The van der Waals surface area contributed by atoms with Gasteiger partial charge in [0.15, 0.2) is 23.3 Å². The maximum absolute atomic E-state index is 17.8. The van der Waals surface area contributed by atoms with E-state index in [1.54, 1.807) is 6.92 Å². The van der Waals surface area contributed by atoms with Crippen molar-refractivity contribution in [2.24, 2.45) is 28.6 Å². The van der Waals surface area contributed by atoms with Crippen LogP contribution >= 0.6 is 27.7 Å². The number of aliphatic carboxylic acids is 1. The predicted octanol–water partition coefficient (Wildman–Crippen LogP) is 5.03. The van der Waals surface area contributed by atoms with Crippen molar-refractivity contribution in [2.75, 3.05) is 17.9 Å². The molecule has 3 amide bonds. The average Bonchev–Trinajstić information content (AvgIpc) is 3.74. The van der Waals surface area contributed by atoms with E-state index in [1.165, 1.54) is 19.1 Å². The molecule has 18 heteroatoms. The zero-order valence-electron chi connectivity index (χ0n) is 34.5. The van der Waals surface area contributed by atoms with Crippen molar-refractivity contribution in [1.29, 1.82) is 0 Å². The average molecular weight is 953 g/mol. The van der Waals surface area contributed by atoms with E-state index in [2.05, 4.69) is 31.9 Å². The van der Waals surface area contributed by atoms with Gasteiger partial charge in [-0.3, -0.25) is 28.8 Å². The molecule has 5 N–H and O–H groups in total. The molecule has 1 saturated heterocycles. The lowest BCUT2D eigenvalue weighted by Crippen LogP contribution is -2.70. The van der Waals surface area contributed by atoms with E-state index < -0.39 is 105 Å². The van der Waals surface area contributed by atoms with Crippen molar-refractivity contribution >= 4 is 62.3 Å². The van der Waals surface area contributed by atoms with Gasteiger partial charge in [-0.05, 0) is 99.8 Å². The highest BCUT2D eigenvalue weighted by molar-refractivity contribution is 9.09. The Morgan fingerprint density at radius 2 is 1.74 bits per heavy atom. The van der Waals surface area contributed by atoms with Gasteiger partial charge in [0.25, 0.3) is 0 Å².